The van der Waals surface area contributed by atoms with Crippen LogP contribution in [0, 0.1) is 6.92 Å². The molecule has 0 bridgehead atoms. The van der Waals surface area contributed by atoms with E-state index < -0.39 is 5.25 Å². The first-order chi connectivity index (χ1) is 13.4. The van der Waals surface area contributed by atoms with Gasteiger partial charge in [-0.3, -0.25) is 9.59 Å². The zero-order valence-electron chi connectivity index (χ0n) is 14.9. The molecule has 1 fully saturated rings. The summed E-state index contributed by atoms with van der Waals surface area (Å²) in [6.45, 7) is 1.84. The number of nitrogens with two attached hydrogens (primary N) is 1. The highest BCUT2D eigenvalue weighted by Crippen LogP contribution is 2.31. The minimum atomic E-state index is -0.663. The number of amidine groups is 1. The number of benzene rings is 2. The number of hydrogen-bond donors (Lipinski definition) is 3. The standard InChI is InChI=1S/C19H18N4O4S/c1-11-4-2-3-5-13(11)23-17(26)9-16(18(23)27)28-19(20)22-21-10-12-6-7-14(24)15(25)8-12/h2-8,10,16,24-25H,9H2,1H3,(H2,20,22)/b21-10-. The Morgan fingerprint density at radius 3 is 2.68 bits per heavy atom. The van der Waals surface area contributed by atoms with Gasteiger partial charge in [0.25, 0.3) is 0 Å². The van der Waals surface area contributed by atoms with Crippen LogP contribution in [0.4, 0.5) is 5.69 Å². The molecule has 1 atom stereocenters. The number of para-hydroxylation sites is 1. The molecule has 2 amide bonds. The number of hydrogen-bond acceptors (Lipinski definition) is 7. The Labute approximate surface area is 165 Å². The fourth-order valence-corrected chi connectivity index (χ4v) is 3.52. The van der Waals surface area contributed by atoms with Crippen LogP contribution in [0.15, 0.2) is 52.7 Å². The van der Waals surface area contributed by atoms with Crippen molar-refractivity contribution in [2.75, 3.05) is 4.90 Å². The highest BCUT2D eigenvalue weighted by atomic mass is 32.2. The number of aryl methyl sites for hydroxylation is 1. The lowest BCUT2D eigenvalue weighted by Crippen LogP contribution is -2.32. The van der Waals surface area contributed by atoms with Gasteiger partial charge >= 0.3 is 0 Å². The number of imide groups is 1. The second kappa shape index (κ2) is 8.13. The molecule has 1 aliphatic rings. The van der Waals surface area contributed by atoms with Gasteiger partial charge in [0.1, 0.15) is 5.25 Å². The number of amides is 2. The molecule has 144 valence electrons. The average Bonchev–Trinajstić information content (AvgIpc) is 2.92. The van der Waals surface area contributed by atoms with Gasteiger partial charge in [0.15, 0.2) is 16.7 Å². The molecule has 1 aliphatic heterocycles. The molecule has 0 saturated carbocycles. The second-order valence-corrected chi connectivity index (χ2v) is 7.32. The van der Waals surface area contributed by atoms with Crippen LogP contribution >= 0.6 is 11.8 Å². The van der Waals surface area contributed by atoms with Crippen LogP contribution in [0.3, 0.4) is 0 Å². The highest BCUT2D eigenvalue weighted by Gasteiger charge is 2.41. The minimum absolute atomic E-state index is 0.0314. The molecule has 0 radical (unpaired) electrons. The molecule has 2 aromatic carbocycles. The van der Waals surface area contributed by atoms with Crippen LogP contribution in [-0.4, -0.2) is 38.7 Å². The van der Waals surface area contributed by atoms with Crippen molar-refractivity contribution in [3.63, 3.8) is 0 Å². The number of anilines is 1. The maximum atomic E-state index is 12.7. The third-order valence-electron chi connectivity index (χ3n) is 4.09. The number of aromatic hydroxyl groups is 2. The van der Waals surface area contributed by atoms with Gasteiger partial charge in [0.2, 0.25) is 11.8 Å². The molecule has 8 nitrogen and oxygen atoms in total. The van der Waals surface area contributed by atoms with Crippen molar-refractivity contribution in [2.24, 2.45) is 15.9 Å². The normalized spacial score (nSPS) is 17.7. The molecular formula is C19H18N4O4S. The molecule has 2 aromatic rings. The Bertz CT molecular complexity index is 990. The van der Waals surface area contributed by atoms with Gasteiger partial charge in [-0.15, -0.1) is 5.10 Å². The predicted octanol–water partition coefficient (Wildman–Crippen LogP) is 2.12. The van der Waals surface area contributed by atoms with Crippen molar-refractivity contribution in [3.05, 3.63) is 53.6 Å². The zero-order chi connectivity index (χ0) is 20.3. The van der Waals surface area contributed by atoms with Crippen molar-refractivity contribution in [2.45, 2.75) is 18.6 Å². The third-order valence-corrected chi connectivity index (χ3v) is 5.06. The molecule has 28 heavy (non-hydrogen) atoms. The van der Waals surface area contributed by atoms with Crippen LogP contribution in [0.2, 0.25) is 0 Å². The molecular weight excluding hydrogens is 380 g/mol. The second-order valence-electron chi connectivity index (χ2n) is 6.10. The summed E-state index contributed by atoms with van der Waals surface area (Å²) in [6, 6.07) is 11.4. The van der Waals surface area contributed by atoms with Gasteiger partial charge in [0.05, 0.1) is 11.9 Å². The van der Waals surface area contributed by atoms with Gasteiger partial charge in [-0.05, 0) is 42.3 Å². The van der Waals surface area contributed by atoms with E-state index in [0.29, 0.717) is 11.3 Å². The lowest BCUT2D eigenvalue weighted by molar-refractivity contribution is -0.121. The molecule has 0 spiro atoms. The number of nitrogens with zero attached hydrogens (tertiary/aromatic N) is 3. The number of carbonyl (C=O) groups is 2. The van der Waals surface area contributed by atoms with Gasteiger partial charge < -0.3 is 15.9 Å². The number of phenols is 2. The van der Waals surface area contributed by atoms with Gasteiger partial charge in [-0.25, -0.2) is 4.90 Å². The molecule has 0 aromatic heterocycles. The summed E-state index contributed by atoms with van der Waals surface area (Å²) in [5.41, 5.74) is 7.73. The van der Waals surface area contributed by atoms with E-state index in [-0.39, 0.29) is 34.9 Å². The van der Waals surface area contributed by atoms with E-state index in [1.54, 1.807) is 12.1 Å². The van der Waals surface area contributed by atoms with Crippen molar-refractivity contribution in [3.8, 4) is 11.5 Å². The first-order valence-corrected chi connectivity index (χ1v) is 9.22. The quantitative estimate of drug-likeness (QED) is 0.238. The molecule has 1 saturated heterocycles. The number of rotatable bonds is 4. The Morgan fingerprint density at radius 1 is 1.21 bits per heavy atom. The van der Waals surface area contributed by atoms with Gasteiger partial charge in [0, 0.05) is 6.42 Å². The first-order valence-electron chi connectivity index (χ1n) is 8.34. The van der Waals surface area contributed by atoms with Crippen LogP contribution in [0.25, 0.3) is 0 Å². The number of thioether (sulfide) groups is 1. The van der Waals surface area contributed by atoms with Crippen LogP contribution < -0.4 is 10.6 Å². The molecule has 1 heterocycles. The first kappa shape index (κ1) is 19.4. The van der Waals surface area contributed by atoms with Crippen LogP contribution in [0.1, 0.15) is 17.5 Å². The van der Waals surface area contributed by atoms with E-state index in [2.05, 4.69) is 10.2 Å². The molecule has 1 unspecified atom stereocenters. The molecule has 3 rings (SSSR count). The van der Waals surface area contributed by atoms with Gasteiger partial charge in [-0.2, -0.15) is 5.10 Å². The average molecular weight is 398 g/mol. The summed E-state index contributed by atoms with van der Waals surface area (Å²) in [5.74, 6) is -1.14. The summed E-state index contributed by atoms with van der Waals surface area (Å²) < 4.78 is 0. The summed E-state index contributed by atoms with van der Waals surface area (Å²) in [6.07, 6.45) is 1.37. The Hall–Kier alpha value is -3.33. The summed E-state index contributed by atoms with van der Waals surface area (Å²) >= 11 is 0.977. The fraction of sp³-hybridized carbons (Fsp3) is 0.158. The van der Waals surface area contributed by atoms with E-state index in [4.69, 9.17) is 5.73 Å². The lowest BCUT2D eigenvalue weighted by atomic mass is 10.2. The largest absolute Gasteiger partial charge is 0.504 e. The summed E-state index contributed by atoms with van der Waals surface area (Å²) in [5, 5.41) is 25.7. The monoisotopic (exact) mass is 398 g/mol. The minimum Gasteiger partial charge on any atom is -0.504 e. The molecule has 0 aliphatic carbocycles. The fourth-order valence-electron chi connectivity index (χ4n) is 2.71. The predicted molar refractivity (Wildman–Crippen MR) is 109 cm³/mol. The SMILES string of the molecule is Cc1ccccc1N1C(=O)CC(SC(N)=N/N=C\c2ccc(O)c(O)c2)C1=O. The maximum Gasteiger partial charge on any atom is 0.247 e. The zero-order valence-corrected chi connectivity index (χ0v) is 15.8. The van der Waals surface area contributed by atoms with Crippen molar-refractivity contribution in [1.82, 2.24) is 0 Å². The van der Waals surface area contributed by atoms with Crippen LogP contribution in [0.5, 0.6) is 11.5 Å². The Morgan fingerprint density at radius 2 is 1.96 bits per heavy atom. The van der Waals surface area contributed by atoms with E-state index in [9.17, 15) is 19.8 Å². The van der Waals surface area contributed by atoms with E-state index in [0.717, 1.165) is 17.3 Å². The molecule has 9 heteroatoms. The van der Waals surface area contributed by atoms with Crippen LogP contribution in [-0.2, 0) is 9.59 Å². The van der Waals surface area contributed by atoms with Crippen molar-refractivity contribution < 1.29 is 19.8 Å². The number of carbonyl (C=O) groups excluding carboxylic acids is 2. The van der Waals surface area contributed by atoms with E-state index >= 15 is 0 Å². The number of phenolic OH excluding ortho intramolecular Hbond substituents is 2. The van der Waals surface area contributed by atoms with Crippen molar-refractivity contribution >= 4 is 40.6 Å². The summed E-state index contributed by atoms with van der Waals surface area (Å²) in [7, 11) is 0. The lowest BCUT2D eigenvalue weighted by Gasteiger charge is -2.16. The van der Waals surface area contributed by atoms with E-state index in [1.165, 1.54) is 29.3 Å². The Balaban J connectivity index is 1.68. The smallest absolute Gasteiger partial charge is 0.247 e. The van der Waals surface area contributed by atoms with Gasteiger partial charge in [-0.1, -0.05) is 30.0 Å². The third kappa shape index (κ3) is 4.15. The van der Waals surface area contributed by atoms with E-state index in [1.807, 2.05) is 19.1 Å². The highest BCUT2D eigenvalue weighted by molar-refractivity contribution is 8.14. The Kier molecular flexibility index (Phi) is 5.65. The topological polar surface area (TPSA) is 129 Å². The molecule has 4 N–H and O–H groups in total. The summed E-state index contributed by atoms with van der Waals surface area (Å²) in [4.78, 5) is 26.2. The van der Waals surface area contributed by atoms with Crippen molar-refractivity contribution in [1.29, 1.82) is 0 Å². The maximum absolute atomic E-state index is 12.7.